The van der Waals surface area contributed by atoms with Crippen LogP contribution in [0.2, 0.25) is 0 Å². The maximum Gasteiger partial charge on any atom is 0.269 e. The van der Waals surface area contributed by atoms with Crippen LogP contribution in [-0.2, 0) is 3.79 Å². The summed E-state index contributed by atoms with van der Waals surface area (Å²) in [7, 11) is 0. The molecule has 15 heavy (non-hydrogen) atoms. The standard InChI is InChI=1S/C7H5Cl3N2O2S/c8-7(9,10)5-3-4(12(13)14)1-2-6(5)15-11/h1-3H,11H2. The van der Waals surface area contributed by atoms with Crippen molar-refractivity contribution in [1.82, 2.24) is 0 Å². The molecule has 0 aliphatic carbocycles. The molecule has 2 N–H and O–H groups in total. The molecule has 0 saturated carbocycles. The molecule has 8 heteroatoms. The van der Waals surface area contributed by atoms with E-state index < -0.39 is 8.72 Å². The first-order chi connectivity index (χ1) is 6.86. The predicted molar refractivity (Wildman–Crippen MR) is 62.4 cm³/mol. The summed E-state index contributed by atoms with van der Waals surface area (Å²) in [5.74, 6) is 0. The molecule has 82 valence electrons. The molecule has 0 spiro atoms. The highest BCUT2D eigenvalue weighted by molar-refractivity contribution is 7.97. The number of benzene rings is 1. The number of alkyl halides is 3. The van der Waals surface area contributed by atoms with Crippen LogP contribution in [0.5, 0.6) is 0 Å². The Morgan fingerprint density at radius 1 is 1.40 bits per heavy atom. The van der Waals surface area contributed by atoms with Crippen LogP contribution in [0.4, 0.5) is 5.69 Å². The fourth-order valence-electron chi connectivity index (χ4n) is 0.956. The molecule has 4 nitrogen and oxygen atoms in total. The fourth-order valence-corrected chi connectivity index (χ4v) is 2.08. The summed E-state index contributed by atoms with van der Waals surface area (Å²) < 4.78 is -1.73. The van der Waals surface area contributed by atoms with E-state index in [1.807, 2.05) is 0 Å². The lowest BCUT2D eigenvalue weighted by atomic mass is 10.2. The number of non-ortho nitro benzene ring substituents is 1. The molecule has 1 aromatic carbocycles. The van der Waals surface area contributed by atoms with Crippen LogP contribution in [0.3, 0.4) is 0 Å². The van der Waals surface area contributed by atoms with E-state index in [9.17, 15) is 10.1 Å². The first-order valence-electron chi connectivity index (χ1n) is 3.58. The van der Waals surface area contributed by atoms with E-state index in [0.717, 1.165) is 11.9 Å². The minimum Gasteiger partial charge on any atom is -0.274 e. The Kier molecular flexibility index (Phi) is 4.08. The highest BCUT2D eigenvalue weighted by atomic mass is 35.6. The summed E-state index contributed by atoms with van der Waals surface area (Å²) in [5.41, 5.74) is 0.0586. The van der Waals surface area contributed by atoms with E-state index in [1.54, 1.807) is 0 Å². The monoisotopic (exact) mass is 286 g/mol. The van der Waals surface area contributed by atoms with Gasteiger partial charge in [-0.15, -0.1) is 0 Å². The zero-order chi connectivity index (χ0) is 11.6. The minimum atomic E-state index is -1.73. The van der Waals surface area contributed by atoms with Crippen molar-refractivity contribution in [2.24, 2.45) is 5.14 Å². The van der Waals surface area contributed by atoms with Crippen molar-refractivity contribution in [3.8, 4) is 0 Å². The third-order valence-electron chi connectivity index (χ3n) is 1.61. The van der Waals surface area contributed by atoms with Gasteiger partial charge in [0.15, 0.2) is 0 Å². The maximum absolute atomic E-state index is 10.5. The van der Waals surface area contributed by atoms with Crippen molar-refractivity contribution < 1.29 is 4.92 Å². The molecule has 0 saturated heterocycles. The molecule has 0 radical (unpaired) electrons. The summed E-state index contributed by atoms with van der Waals surface area (Å²) >= 11 is 17.8. The van der Waals surface area contributed by atoms with Crippen LogP contribution < -0.4 is 5.14 Å². The molecule has 1 aromatic rings. The van der Waals surface area contributed by atoms with Gasteiger partial charge < -0.3 is 0 Å². The SMILES string of the molecule is NSc1ccc([N+](=O)[O-])cc1C(Cl)(Cl)Cl. The van der Waals surface area contributed by atoms with Crippen LogP contribution in [0.1, 0.15) is 5.56 Å². The van der Waals surface area contributed by atoms with Crippen LogP contribution >= 0.6 is 46.8 Å². The topological polar surface area (TPSA) is 69.2 Å². The zero-order valence-corrected chi connectivity index (χ0v) is 10.2. The van der Waals surface area contributed by atoms with Crippen molar-refractivity contribution in [3.63, 3.8) is 0 Å². The van der Waals surface area contributed by atoms with Crippen molar-refractivity contribution in [3.05, 3.63) is 33.9 Å². The molecule has 0 amide bonds. The summed E-state index contributed by atoms with van der Waals surface area (Å²) in [6, 6.07) is 3.94. The number of nitrogens with two attached hydrogens (primary N) is 1. The third-order valence-corrected chi connectivity index (χ3v) is 2.83. The van der Waals surface area contributed by atoms with Gasteiger partial charge in [0.05, 0.1) is 4.92 Å². The molecule has 1 rings (SSSR count). The third kappa shape index (κ3) is 3.12. The molecule has 0 unspecified atom stereocenters. The first-order valence-corrected chi connectivity index (χ1v) is 5.60. The van der Waals surface area contributed by atoms with Gasteiger partial charge >= 0.3 is 0 Å². The van der Waals surface area contributed by atoms with Gasteiger partial charge in [0, 0.05) is 22.6 Å². The number of halogens is 3. The molecule has 0 fully saturated rings. The van der Waals surface area contributed by atoms with Crippen molar-refractivity contribution in [2.45, 2.75) is 8.69 Å². The normalized spacial score (nSPS) is 11.5. The largest absolute Gasteiger partial charge is 0.274 e. The van der Waals surface area contributed by atoms with E-state index in [4.69, 9.17) is 39.9 Å². The fraction of sp³-hybridized carbons (Fsp3) is 0.143. The molecule has 0 aromatic heterocycles. The second-order valence-corrected chi connectivity index (χ2v) is 5.51. The zero-order valence-electron chi connectivity index (χ0n) is 7.12. The quantitative estimate of drug-likeness (QED) is 0.392. The Hall–Kier alpha value is -0.200. The van der Waals surface area contributed by atoms with Gasteiger partial charge in [0.1, 0.15) is 0 Å². The molecule has 0 atom stereocenters. The molecular formula is C7H5Cl3N2O2S. The summed E-state index contributed by atoms with van der Waals surface area (Å²) in [6.07, 6.45) is 0. The van der Waals surface area contributed by atoms with Crippen LogP contribution in [0.25, 0.3) is 0 Å². The average molecular weight is 288 g/mol. The Balaban J connectivity index is 3.32. The summed E-state index contributed by atoms with van der Waals surface area (Å²) in [6.45, 7) is 0. The average Bonchev–Trinajstić information content (AvgIpc) is 2.15. The Labute approximate surface area is 105 Å². The number of hydrogen-bond acceptors (Lipinski definition) is 4. The highest BCUT2D eigenvalue weighted by Crippen LogP contribution is 2.43. The van der Waals surface area contributed by atoms with Crippen molar-refractivity contribution >= 4 is 52.4 Å². The van der Waals surface area contributed by atoms with Gasteiger partial charge in [-0.05, 0) is 18.0 Å². The number of rotatable bonds is 2. The van der Waals surface area contributed by atoms with E-state index in [2.05, 4.69) is 0 Å². The van der Waals surface area contributed by atoms with Crippen molar-refractivity contribution in [1.29, 1.82) is 0 Å². The second-order valence-electron chi connectivity index (χ2n) is 2.55. The van der Waals surface area contributed by atoms with Gasteiger partial charge in [-0.3, -0.25) is 15.3 Å². The Bertz CT molecular complexity index is 394. The van der Waals surface area contributed by atoms with E-state index in [-0.39, 0.29) is 11.3 Å². The van der Waals surface area contributed by atoms with E-state index in [1.165, 1.54) is 18.2 Å². The highest BCUT2D eigenvalue weighted by Gasteiger charge is 2.28. The van der Waals surface area contributed by atoms with Crippen LogP contribution in [-0.4, -0.2) is 4.92 Å². The Morgan fingerprint density at radius 2 is 2.00 bits per heavy atom. The summed E-state index contributed by atoms with van der Waals surface area (Å²) in [5, 5.41) is 15.9. The maximum atomic E-state index is 10.5. The molecule has 0 heterocycles. The number of hydrogen-bond donors (Lipinski definition) is 1. The predicted octanol–water partition coefficient (Wildman–Crippen LogP) is 3.39. The molecule has 0 bridgehead atoms. The molecule has 0 aliphatic rings. The number of nitro groups is 1. The van der Waals surface area contributed by atoms with E-state index >= 15 is 0 Å². The van der Waals surface area contributed by atoms with Crippen molar-refractivity contribution in [2.75, 3.05) is 0 Å². The van der Waals surface area contributed by atoms with Gasteiger partial charge in [-0.25, -0.2) is 0 Å². The smallest absolute Gasteiger partial charge is 0.269 e. The van der Waals surface area contributed by atoms with Gasteiger partial charge in [-0.2, -0.15) is 0 Å². The Morgan fingerprint density at radius 3 is 2.40 bits per heavy atom. The van der Waals surface area contributed by atoms with Crippen LogP contribution in [0.15, 0.2) is 23.1 Å². The first kappa shape index (κ1) is 12.9. The lowest BCUT2D eigenvalue weighted by Gasteiger charge is -2.14. The number of nitro benzene ring substituents is 1. The second kappa shape index (κ2) is 4.76. The van der Waals surface area contributed by atoms with Crippen LogP contribution in [0, 0.1) is 10.1 Å². The number of nitrogens with zero attached hydrogens (tertiary/aromatic N) is 1. The van der Waals surface area contributed by atoms with Gasteiger partial charge in [0.25, 0.3) is 5.69 Å². The van der Waals surface area contributed by atoms with E-state index in [0.29, 0.717) is 4.90 Å². The molecular weight excluding hydrogens is 283 g/mol. The molecule has 0 aliphatic heterocycles. The van der Waals surface area contributed by atoms with Gasteiger partial charge in [-0.1, -0.05) is 34.8 Å². The summed E-state index contributed by atoms with van der Waals surface area (Å²) in [4.78, 5) is 10.4. The minimum absolute atomic E-state index is 0.144. The lowest BCUT2D eigenvalue weighted by molar-refractivity contribution is -0.385. The van der Waals surface area contributed by atoms with Gasteiger partial charge in [0.2, 0.25) is 3.79 Å². The lowest BCUT2D eigenvalue weighted by Crippen LogP contribution is -2.04.